The molecule has 4 heterocycles. The molecule has 7 nitrogen and oxygen atoms in total. The van der Waals surface area contributed by atoms with Gasteiger partial charge in [0.15, 0.2) is 5.82 Å². The van der Waals surface area contributed by atoms with E-state index in [1.807, 2.05) is 0 Å². The van der Waals surface area contributed by atoms with Gasteiger partial charge in [-0.3, -0.25) is 4.98 Å². The highest BCUT2D eigenvalue weighted by atomic mass is 19.1. The number of methoxy groups -OCH3 is 1. The van der Waals surface area contributed by atoms with E-state index < -0.39 is 11.6 Å². The normalized spacial score (nSPS) is 20.0. The van der Waals surface area contributed by atoms with Gasteiger partial charge in [-0.05, 0) is 36.4 Å². The number of nitrogen functional groups attached to an aromatic ring is 1. The minimum Gasteiger partial charge on any atom is -0.467 e. The SMILES string of the molecule is COc1nc(N2CC3CCC(C2)N3)c2cnc(-c3cc(N)cc4cccc(F)c34)c(F)c2n1. The fourth-order valence-electron chi connectivity index (χ4n) is 5.10. The van der Waals surface area contributed by atoms with Gasteiger partial charge in [-0.25, -0.2) is 8.78 Å². The lowest BCUT2D eigenvalue weighted by Gasteiger charge is -2.34. The number of nitrogens with one attached hydrogen (secondary N) is 1. The summed E-state index contributed by atoms with van der Waals surface area (Å²) < 4.78 is 36.0. The quantitative estimate of drug-likeness (QED) is 0.463. The van der Waals surface area contributed by atoms with Crippen molar-refractivity contribution < 1.29 is 13.5 Å². The first-order valence-electron chi connectivity index (χ1n) is 10.9. The number of fused-ring (bicyclic) bond motifs is 4. The molecule has 33 heavy (non-hydrogen) atoms. The zero-order valence-electron chi connectivity index (χ0n) is 18.0. The second-order valence-electron chi connectivity index (χ2n) is 8.67. The molecule has 4 aromatic rings. The summed E-state index contributed by atoms with van der Waals surface area (Å²) in [7, 11) is 1.45. The number of hydrogen-bond donors (Lipinski definition) is 2. The molecular formula is C24H22F2N6O. The molecular weight excluding hydrogens is 426 g/mol. The number of nitrogens with zero attached hydrogens (tertiary/aromatic N) is 4. The van der Waals surface area contributed by atoms with Gasteiger partial charge in [-0.2, -0.15) is 9.97 Å². The maximum atomic E-state index is 16.0. The van der Waals surface area contributed by atoms with E-state index in [1.165, 1.54) is 19.2 Å². The molecule has 2 fully saturated rings. The van der Waals surface area contributed by atoms with Gasteiger partial charge in [0.25, 0.3) is 0 Å². The van der Waals surface area contributed by atoms with Crippen LogP contribution < -0.4 is 20.7 Å². The molecule has 2 aromatic carbocycles. The van der Waals surface area contributed by atoms with E-state index >= 15 is 4.39 Å². The molecule has 168 valence electrons. The molecule has 2 bridgehead atoms. The summed E-state index contributed by atoms with van der Waals surface area (Å²) in [6.07, 6.45) is 3.76. The molecule has 0 radical (unpaired) electrons. The van der Waals surface area contributed by atoms with Gasteiger partial charge < -0.3 is 20.7 Å². The van der Waals surface area contributed by atoms with Crippen molar-refractivity contribution in [2.45, 2.75) is 24.9 Å². The van der Waals surface area contributed by atoms with Crippen molar-refractivity contribution in [3.8, 4) is 17.3 Å². The Morgan fingerprint density at radius 2 is 1.91 bits per heavy atom. The van der Waals surface area contributed by atoms with Crippen LogP contribution in [0, 0.1) is 11.6 Å². The number of benzene rings is 2. The number of aromatic nitrogens is 3. The monoisotopic (exact) mass is 448 g/mol. The van der Waals surface area contributed by atoms with Crippen LogP contribution >= 0.6 is 0 Å². The Labute approximate surface area is 188 Å². The summed E-state index contributed by atoms with van der Waals surface area (Å²) in [6.45, 7) is 1.53. The molecule has 2 saturated heterocycles. The minimum atomic E-state index is -0.664. The maximum Gasteiger partial charge on any atom is 0.318 e. The third-order valence-electron chi connectivity index (χ3n) is 6.55. The van der Waals surface area contributed by atoms with Crippen molar-refractivity contribution >= 4 is 33.2 Å². The standard InChI is InChI=1S/C24H22F2N6O/c1-33-24-30-22-17(23(31-24)32-10-14-5-6-15(11-32)29-14)9-28-21(20(22)26)16-8-13(27)7-12-3-2-4-18(25)19(12)16/h2-4,7-9,14-15,29H,5-6,10-11,27H2,1H3. The lowest BCUT2D eigenvalue weighted by molar-refractivity contribution is 0.380. The van der Waals surface area contributed by atoms with Crippen LogP contribution in [0.25, 0.3) is 32.9 Å². The van der Waals surface area contributed by atoms with Crippen LogP contribution in [0.15, 0.2) is 36.5 Å². The summed E-state index contributed by atoms with van der Waals surface area (Å²) in [5, 5.41) is 4.91. The van der Waals surface area contributed by atoms with E-state index in [0.717, 1.165) is 25.9 Å². The third kappa shape index (κ3) is 3.22. The lowest BCUT2D eigenvalue weighted by atomic mass is 9.99. The van der Waals surface area contributed by atoms with Gasteiger partial charge in [-0.15, -0.1) is 0 Å². The van der Waals surface area contributed by atoms with Gasteiger partial charge in [0.05, 0.1) is 12.5 Å². The predicted octanol–water partition coefficient (Wildman–Crippen LogP) is 3.65. The molecule has 2 unspecified atom stereocenters. The zero-order valence-corrected chi connectivity index (χ0v) is 18.0. The Balaban J connectivity index is 1.57. The molecule has 0 saturated carbocycles. The summed E-state index contributed by atoms with van der Waals surface area (Å²) >= 11 is 0. The first kappa shape index (κ1) is 20.0. The molecule has 2 aromatic heterocycles. The lowest BCUT2D eigenvalue weighted by Crippen LogP contribution is -2.51. The largest absolute Gasteiger partial charge is 0.467 e. The number of piperazine rings is 1. The van der Waals surface area contributed by atoms with Crippen molar-refractivity contribution in [1.82, 2.24) is 20.3 Å². The Morgan fingerprint density at radius 1 is 1.12 bits per heavy atom. The fourth-order valence-corrected chi connectivity index (χ4v) is 5.10. The topological polar surface area (TPSA) is 89.2 Å². The number of ether oxygens (including phenoxy) is 1. The summed E-state index contributed by atoms with van der Waals surface area (Å²) in [5.41, 5.74) is 6.78. The average molecular weight is 448 g/mol. The second-order valence-corrected chi connectivity index (χ2v) is 8.67. The number of anilines is 2. The second kappa shape index (κ2) is 7.48. The first-order valence-corrected chi connectivity index (χ1v) is 10.9. The number of rotatable bonds is 3. The van der Waals surface area contributed by atoms with E-state index in [0.29, 0.717) is 34.4 Å². The molecule has 0 aliphatic carbocycles. The highest BCUT2D eigenvalue weighted by Gasteiger charge is 2.34. The van der Waals surface area contributed by atoms with Crippen LogP contribution in [-0.4, -0.2) is 47.2 Å². The van der Waals surface area contributed by atoms with Gasteiger partial charge >= 0.3 is 6.01 Å². The summed E-state index contributed by atoms with van der Waals surface area (Å²) in [4.78, 5) is 15.4. The van der Waals surface area contributed by atoms with Crippen LogP contribution in [0.3, 0.4) is 0 Å². The fraction of sp³-hybridized carbons (Fsp3) is 0.292. The molecule has 2 aliphatic heterocycles. The highest BCUT2D eigenvalue weighted by Crippen LogP contribution is 2.37. The third-order valence-corrected chi connectivity index (χ3v) is 6.55. The number of pyridine rings is 1. The minimum absolute atomic E-state index is 0.0167. The Hall–Kier alpha value is -3.59. The van der Waals surface area contributed by atoms with E-state index in [9.17, 15) is 4.39 Å². The van der Waals surface area contributed by atoms with E-state index in [-0.39, 0.29) is 28.2 Å². The van der Waals surface area contributed by atoms with E-state index in [2.05, 4.69) is 25.2 Å². The van der Waals surface area contributed by atoms with Crippen molar-refractivity contribution in [1.29, 1.82) is 0 Å². The predicted molar refractivity (Wildman–Crippen MR) is 123 cm³/mol. The summed E-state index contributed by atoms with van der Waals surface area (Å²) in [5.74, 6) is -0.541. The number of halogens is 2. The number of hydrogen-bond acceptors (Lipinski definition) is 7. The van der Waals surface area contributed by atoms with Gasteiger partial charge in [-0.1, -0.05) is 12.1 Å². The van der Waals surface area contributed by atoms with Crippen molar-refractivity contribution in [2.75, 3.05) is 30.8 Å². The van der Waals surface area contributed by atoms with Gasteiger partial charge in [0.2, 0.25) is 0 Å². The Morgan fingerprint density at radius 3 is 2.67 bits per heavy atom. The van der Waals surface area contributed by atoms with Crippen LogP contribution in [0.1, 0.15) is 12.8 Å². The van der Waals surface area contributed by atoms with E-state index in [1.54, 1.807) is 24.4 Å². The number of nitrogens with two attached hydrogens (primary N) is 1. The smallest absolute Gasteiger partial charge is 0.318 e. The summed E-state index contributed by atoms with van der Waals surface area (Å²) in [6, 6.07) is 8.68. The molecule has 0 amide bonds. The van der Waals surface area contributed by atoms with Crippen molar-refractivity contribution in [3.05, 3.63) is 48.2 Å². The Kier molecular flexibility index (Phi) is 4.55. The highest BCUT2D eigenvalue weighted by molar-refractivity contribution is 6.01. The molecule has 6 rings (SSSR count). The first-order chi connectivity index (χ1) is 16.0. The van der Waals surface area contributed by atoms with Crippen LogP contribution in [0.4, 0.5) is 20.3 Å². The van der Waals surface area contributed by atoms with Crippen LogP contribution in [0.2, 0.25) is 0 Å². The molecule has 2 atom stereocenters. The Bertz CT molecular complexity index is 1400. The van der Waals surface area contributed by atoms with Gasteiger partial charge in [0.1, 0.15) is 22.8 Å². The molecule has 2 aliphatic rings. The molecule has 9 heteroatoms. The molecule has 3 N–H and O–H groups in total. The van der Waals surface area contributed by atoms with Crippen LogP contribution in [0.5, 0.6) is 6.01 Å². The van der Waals surface area contributed by atoms with Crippen molar-refractivity contribution in [3.63, 3.8) is 0 Å². The average Bonchev–Trinajstić information content (AvgIpc) is 3.15. The van der Waals surface area contributed by atoms with E-state index in [4.69, 9.17) is 10.5 Å². The van der Waals surface area contributed by atoms with Crippen LogP contribution in [-0.2, 0) is 0 Å². The van der Waals surface area contributed by atoms with Gasteiger partial charge in [0, 0.05) is 48.0 Å². The van der Waals surface area contributed by atoms with Crippen molar-refractivity contribution in [2.24, 2.45) is 0 Å². The molecule has 0 spiro atoms. The maximum absolute atomic E-state index is 16.0. The zero-order chi connectivity index (χ0) is 22.7.